The Balaban J connectivity index is 4.10. The van der Waals surface area contributed by atoms with E-state index in [1.807, 2.05) is 0 Å². The second-order valence-electron chi connectivity index (χ2n) is 21.0. The molecule has 0 aromatic carbocycles. The Morgan fingerprint density at radius 3 is 0.860 bits per heavy atom. The van der Waals surface area contributed by atoms with Gasteiger partial charge in [0.25, 0.3) is 5.91 Å². The molecule has 0 aliphatic carbocycles. The van der Waals surface area contributed by atoms with Crippen molar-refractivity contribution in [2.75, 3.05) is 92.9 Å². The van der Waals surface area contributed by atoms with E-state index in [1.54, 1.807) is 26.2 Å². The van der Waals surface area contributed by atoms with Crippen LogP contribution >= 0.6 is 0 Å². The lowest BCUT2D eigenvalue weighted by Crippen LogP contribution is -2.67. The fourth-order valence-electron chi connectivity index (χ4n) is 7.90. The minimum atomic E-state index is -7.43. The van der Waals surface area contributed by atoms with Gasteiger partial charge in [-0.25, -0.2) is 19.2 Å². The van der Waals surface area contributed by atoms with Crippen molar-refractivity contribution >= 4 is 72.6 Å². The second kappa shape index (κ2) is 35.0. The molecular formula is C50H82F11NO19Si5. The van der Waals surface area contributed by atoms with E-state index in [1.165, 1.54) is 34.2 Å². The number of halogens is 11. The topological polar surface area (TPSA) is 218 Å². The summed E-state index contributed by atoms with van der Waals surface area (Å²) < 4.78 is 236. The number of carbonyl (C=O) groups is 5. The zero-order chi connectivity index (χ0) is 66.2. The van der Waals surface area contributed by atoms with Crippen LogP contribution in [0.4, 0.5) is 48.3 Å². The van der Waals surface area contributed by atoms with Crippen LogP contribution in [0.5, 0.6) is 0 Å². The number of ether oxygens (including phenoxy) is 9. The molecule has 36 heteroatoms. The predicted molar refractivity (Wildman–Crippen MR) is 297 cm³/mol. The molecule has 0 spiro atoms. The maximum atomic E-state index is 15.9. The molecule has 5 atom stereocenters. The van der Waals surface area contributed by atoms with Crippen LogP contribution in [0.1, 0.15) is 53.4 Å². The quantitative estimate of drug-likeness (QED) is 0.0140. The number of rotatable bonds is 39. The molecule has 86 heavy (non-hydrogen) atoms. The first-order valence-electron chi connectivity index (χ1n) is 27.0. The van der Waals surface area contributed by atoms with Crippen LogP contribution < -0.4 is 0 Å². The normalized spacial score (nSPS) is 23.1. The Bertz CT molecular complexity index is 2190. The van der Waals surface area contributed by atoms with E-state index in [4.69, 9.17) is 58.5 Å². The van der Waals surface area contributed by atoms with Gasteiger partial charge in [-0.05, 0) is 110 Å². The fraction of sp³-hybridized carbons (Fsp3) is 0.740. The zero-order valence-corrected chi connectivity index (χ0v) is 55.2. The van der Waals surface area contributed by atoms with Gasteiger partial charge in [-0.2, -0.15) is 48.3 Å². The third-order valence-corrected chi connectivity index (χ3v) is 35.4. The molecule has 498 valence electrons. The average molecular weight is 1350 g/mol. The van der Waals surface area contributed by atoms with Gasteiger partial charge in [-0.1, -0.05) is 26.3 Å². The Hall–Kier alpha value is -3.78. The van der Waals surface area contributed by atoms with Crippen molar-refractivity contribution in [3.05, 3.63) is 48.6 Å². The lowest BCUT2D eigenvalue weighted by Gasteiger charge is -2.50. The molecule has 1 heterocycles. The van der Waals surface area contributed by atoms with Crippen LogP contribution in [-0.4, -0.2) is 201 Å². The van der Waals surface area contributed by atoms with E-state index in [-0.39, 0.29) is 156 Å². The number of hydrogen-bond donors (Lipinski definition) is 0. The van der Waals surface area contributed by atoms with Crippen molar-refractivity contribution in [2.45, 2.75) is 147 Å². The van der Waals surface area contributed by atoms with Gasteiger partial charge in [0.1, 0.15) is 26.4 Å². The first-order chi connectivity index (χ1) is 39.3. The smallest absolute Gasteiger partial charge is 0.460 e. The van der Waals surface area contributed by atoms with Gasteiger partial charge in [0, 0.05) is 68.4 Å². The predicted octanol–water partition coefficient (Wildman–Crippen LogP) is 10.0. The molecule has 0 radical (unpaired) electrons. The molecule has 0 bridgehead atoms. The number of likely N-dealkylation sites (N-methyl/N-ethyl adjacent to an activating group) is 1. The van der Waals surface area contributed by atoms with E-state index in [9.17, 15) is 67.9 Å². The maximum Gasteiger partial charge on any atom is 0.462 e. The maximum absolute atomic E-state index is 15.9. The van der Waals surface area contributed by atoms with Gasteiger partial charge in [0.2, 0.25) is 0 Å². The zero-order valence-electron chi connectivity index (χ0n) is 50.2. The number of hydrogen-bond acceptors (Lipinski definition) is 19. The summed E-state index contributed by atoms with van der Waals surface area (Å²) in [6.07, 6.45) is -20.8. The van der Waals surface area contributed by atoms with E-state index in [2.05, 4.69) is 31.1 Å². The molecule has 0 aromatic rings. The van der Waals surface area contributed by atoms with Crippen molar-refractivity contribution in [3.8, 4) is 0 Å². The third-order valence-electron chi connectivity index (χ3n) is 12.0. The van der Waals surface area contributed by atoms with Crippen molar-refractivity contribution < 1.29 is 135 Å². The van der Waals surface area contributed by atoms with Crippen molar-refractivity contribution in [1.29, 1.82) is 0 Å². The molecule has 1 aliphatic rings. The summed E-state index contributed by atoms with van der Waals surface area (Å²) in [6.45, 7) is 26.2. The number of nitrogens with zero attached hydrogens (tertiary/aromatic N) is 1. The minimum Gasteiger partial charge on any atom is -0.460 e. The van der Waals surface area contributed by atoms with E-state index < -0.39 is 115 Å². The van der Waals surface area contributed by atoms with Crippen LogP contribution in [0.25, 0.3) is 0 Å². The molecule has 20 nitrogen and oxygen atoms in total. The van der Waals surface area contributed by atoms with Gasteiger partial charge < -0.3 is 63.4 Å². The summed E-state index contributed by atoms with van der Waals surface area (Å²) in [5.74, 6) is -19.7. The van der Waals surface area contributed by atoms with Gasteiger partial charge in [-0.15, -0.1) is 0 Å². The summed E-state index contributed by atoms with van der Waals surface area (Å²) in [5.41, 5.74) is 0.604. The average Bonchev–Trinajstić information content (AvgIpc) is 3.54. The van der Waals surface area contributed by atoms with E-state index in [0.717, 1.165) is 0 Å². The molecular weight excluding hydrogens is 1270 g/mol. The summed E-state index contributed by atoms with van der Waals surface area (Å²) in [5, 5.41) is 0. The molecule has 0 saturated carbocycles. The summed E-state index contributed by atoms with van der Waals surface area (Å²) >= 11 is 0. The highest BCUT2D eigenvalue weighted by atomic mass is 28.5. The van der Waals surface area contributed by atoms with Crippen molar-refractivity contribution in [3.63, 3.8) is 0 Å². The lowest BCUT2D eigenvalue weighted by molar-refractivity contribution is -0.473. The number of amides is 1. The summed E-state index contributed by atoms with van der Waals surface area (Å²) in [7, 11) is -19.5. The number of carbonyl (C=O) groups excluding carboxylic acids is 5. The summed E-state index contributed by atoms with van der Waals surface area (Å²) in [6, 6.07) is -0.385. The van der Waals surface area contributed by atoms with Crippen LogP contribution in [0.15, 0.2) is 48.6 Å². The monoisotopic (exact) mass is 1350 g/mol. The Kier molecular flexibility index (Phi) is 32.6. The Morgan fingerprint density at radius 2 is 0.640 bits per heavy atom. The van der Waals surface area contributed by atoms with E-state index in [0.29, 0.717) is 7.05 Å². The standard InChI is InChI=1S/C50H82F11NO19Si5/c1-37(2)41(63)72-28-24-68-20-15-32-82(10)77-83(11,33-16-21-69-25-29-73-42(64)38(3)4)79-85(13,35-18-23-71-27-31-75-44(66)40(7)8)81-86(14,80-84(12,78-82)34-17-22-70-26-30-74-43(65)39(5)6)36-19-62(9)45(67)46(51,48(54,55)56)76-50(60,61)47(52,53)49(57,58)59/h1,3,5,7,15-36H2,2,4,6,8-14H3. The highest BCUT2D eigenvalue weighted by molar-refractivity contribution is 6.94. The first-order valence-corrected chi connectivity index (χ1v) is 39.6. The van der Waals surface area contributed by atoms with Crippen LogP contribution in [0.3, 0.4) is 0 Å². The number of alkyl halides is 11. The van der Waals surface area contributed by atoms with Crippen molar-refractivity contribution in [1.82, 2.24) is 4.90 Å². The largest absolute Gasteiger partial charge is 0.462 e. The van der Waals surface area contributed by atoms with Crippen LogP contribution in [-0.2, 0) is 87.2 Å². The Labute approximate surface area is 499 Å². The molecule has 1 amide bonds. The van der Waals surface area contributed by atoms with Crippen LogP contribution in [0, 0.1) is 0 Å². The Morgan fingerprint density at radius 1 is 0.395 bits per heavy atom. The van der Waals surface area contributed by atoms with Crippen molar-refractivity contribution in [2.24, 2.45) is 0 Å². The lowest BCUT2D eigenvalue weighted by atomic mass is 10.2. The molecule has 1 fully saturated rings. The SMILES string of the molecule is C=C(C)C(=O)OCCOCCC[Si]1(C)O[Si](C)(CCCOCCOC(=O)C(=C)C)O[Si](C)(CCCOCCOC(=O)C(=C)C)O[Si](C)(CCN(C)C(=O)C(F)(OC(F)(F)C(F)(F)C(F)(F)F)C(F)(F)F)O[Si](C)(CCCOCCOC(=O)C(=C)C)O1. The van der Waals surface area contributed by atoms with Crippen LogP contribution in [0.2, 0.25) is 63.0 Å². The molecule has 5 unspecified atom stereocenters. The molecule has 1 saturated heterocycles. The first kappa shape index (κ1) is 80.2. The third kappa shape index (κ3) is 27.5. The van der Waals surface area contributed by atoms with Gasteiger partial charge in [0.05, 0.1) is 26.4 Å². The minimum absolute atomic E-state index is 0.0127. The van der Waals surface area contributed by atoms with Gasteiger partial charge >= 0.3 is 96.9 Å². The van der Waals surface area contributed by atoms with E-state index >= 15 is 4.39 Å². The highest BCUT2D eigenvalue weighted by Crippen LogP contribution is 2.51. The number of esters is 4. The van der Waals surface area contributed by atoms with Gasteiger partial charge in [-0.3, -0.25) is 9.53 Å². The molecule has 1 rings (SSSR count). The highest BCUT2D eigenvalue weighted by Gasteiger charge is 2.80. The molecule has 0 aromatic heterocycles. The fourth-order valence-corrected chi connectivity index (χ4v) is 36.8. The summed E-state index contributed by atoms with van der Waals surface area (Å²) in [4.78, 5) is 61.0. The van der Waals surface area contributed by atoms with Gasteiger partial charge in [0.15, 0.2) is 0 Å². The second-order valence-corrected chi connectivity index (χ2v) is 38.9. The molecule has 1 aliphatic heterocycles. The molecule has 0 N–H and O–H groups in total.